The van der Waals surface area contributed by atoms with Gasteiger partial charge in [-0.1, -0.05) is 36.2 Å². The van der Waals surface area contributed by atoms with Crippen LogP contribution in [-0.4, -0.2) is 71.7 Å². The highest BCUT2D eigenvalue weighted by Gasteiger charge is 2.33. The van der Waals surface area contributed by atoms with Crippen molar-refractivity contribution in [2.24, 2.45) is 5.92 Å². The zero-order valence-electron chi connectivity index (χ0n) is 16.0. The average Bonchev–Trinajstić information content (AvgIpc) is 2.74. The summed E-state index contributed by atoms with van der Waals surface area (Å²) >= 11 is 12.2. The Kier molecular flexibility index (Phi) is 6.83. The van der Waals surface area contributed by atoms with Crippen molar-refractivity contribution in [3.8, 4) is 0 Å². The molecule has 1 atom stereocenters. The Labute approximate surface area is 175 Å². The Balaban J connectivity index is 1.57. The molecule has 2 aliphatic rings. The van der Waals surface area contributed by atoms with Gasteiger partial charge < -0.3 is 14.7 Å². The molecule has 1 aromatic carbocycles. The van der Waals surface area contributed by atoms with Crippen LogP contribution in [0, 0.1) is 5.92 Å². The van der Waals surface area contributed by atoms with Crippen LogP contribution in [-0.2, 0) is 9.59 Å². The lowest BCUT2D eigenvalue weighted by atomic mass is 9.96. The number of halogens is 2. The standard InChI is InChI=1S/C20H25Cl2N3O3/c1-2-17(26)25-8-4-5-14(13-25)19(27)23-9-11-24(12-10-23)20(28)15-6-3-7-16(21)18(15)22/h3,6-7,14H,2,4-5,8-13H2,1H3. The van der Waals surface area contributed by atoms with Gasteiger partial charge in [0, 0.05) is 45.7 Å². The van der Waals surface area contributed by atoms with Crippen LogP contribution in [0.1, 0.15) is 36.5 Å². The normalized spacial score (nSPS) is 20.2. The number of nitrogens with zero attached hydrogens (tertiary/aromatic N) is 3. The van der Waals surface area contributed by atoms with E-state index in [4.69, 9.17) is 23.2 Å². The molecule has 3 rings (SSSR count). The third kappa shape index (κ3) is 4.44. The van der Waals surface area contributed by atoms with Gasteiger partial charge in [-0.3, -0.25) is 14.4 Å². The van der Waals surface area contributed by atoms with Gasteiger partial charge in [-0.05, 0) is 25.0 Å². The van der Waals surface area contributed by atoms with Gasteiger partial charge in [-0.15, -0.1) is 0 Å². The number of carbonyl (C=O) groups excluding carboxylic acids is 3. The highest BCUT2D eigenvalue weighted by Crippen LogP contribution is 2.27. The number of hydrogen-bond acceptors (Lipinski definition) is 3. The second kappa shape index (κ2) is 9.14. The minimum Gasteiger partial charge on any atom is -0.342 e. The third-order valence-corrected chi connectivity index (χ3v) is 6.31. The van der Waals surface area contributed by atoms with Gasteiger partial charge in [0.05, 0.1) is 21.5 Å². The fraction of sp³-hybridized carbons (Fsp3) is 0.550. The molecule has 0 N–H and O–H groups in total. The van der Waals surface area contributed by atoms with Crippen LogP contribution >= 0.6 is 23.2 Å². The Hall–Kier alpha value is -1.79. The lowest BCUT2D eigenvalue weighted by Gasteiger charge is -2.39. The van der Waals surface area contributed by atoms with Gasteiger partial charge in [0.15, 0.2) is 0 Å². The van der Waals surface area contributed by atoms with Crippen molar-refractivity contribution >= 4 is 40.9 Å². The maximum absolute atomic E-state index is 12.9. The molecule has 0 spiro atoms. The van der Waals surface area contributed by atoms with Crippen molar-refractivity contribution < 1.29 is 14.4 Å². The van der Waals surface area contributed by atoms with Crippen molar-refractivity contribution in [3.63, 3.8) is 0 Å². The van der Waals surface area contributed by atoms with Crippen molar-refractivity contribution in [2.75, 3.05) is 39.3 Å². The molecule has 0 saturated carbocycles. The Morgan fingerprint density at radius 2 is 1.68 bits per heavy atom. The molecule has 2 saturated heterocycles. The molecule has 2 fully saturated rings. The van der Waals surface area contributed by atoms with Gasteiger partial charge in [0.2, 0.25) is 11.8 Å². The second-order valence-corrected chi connectivity index (χ2v) is 8.04. The summed E-state index contributed by atoms with van der Waals surface area (Å²) in [6, 6.07) is 5.01. The smallest absolute Gasteiger partial charge is 0.255 e. The van der Waals surface area contributed by atoms with Gasteiger partial charge >= 0.3 is 0 Å². The van der Waals surface area contributed by atoms with E-state index in [-0.39, 0.29) is 28.7 Å². The minimum atomic E-state index is -0.169. The molecule has 0 aliphatic carbocycles. The largest absolute Gasteiger partial charge is 0.342 e. The summed E-state index contributed by atoms with van der Waals surface area (Å²) in [7, 11) is 0. The number of hydrogen-bond donors (Lipinski definition) is 0. The zero-order valence-corrected chi connectivity index (χ0v) is 17.5. The molecule has 28 heavy (non-hydrogen) atoms. The molecule has 152 valence electrons. The van der Waals surface area contributed by atoms with Gasteiger partial charge in [0.1, 0.15) is 0 Å². The summed E-state index contributed by atoms with van der Waals surface area (Å²) in [6.45, 7) is 4.97. The van der Waals surface area contributed by atoms with Crippen LogP contribution in [0.5, 0.6) is 0 Å². The zero-order chi connectivity index (χ0) is 20.3. The Morgan fingerprint density at radius 1 is 1.00 bits per heavy atom. The van der Waals surface area contributed by atoms with E-state index in [0.29, 0.717) is 49.7 Å². The summed E-state index contributed by atoms with van der Waals surface area (Å²) in [5, 5.41) is 0.611. The first-order chi connectivity index (χ1) is 13.4. The van der Waals surface area contributed by atoms with Gasteiger partial charge in [-0.2, -0.15) is 0 Å². The molecule has 2 aliphatic heterocycles. The topological polar surface area (TPSA) is 60.9 Å². The van der Waals surface area contributed by atoms with Crippen LogP contribution in [0.2, 0.25) is 10.0 Å². The molecule has 2 heterocycles. The molecular weight excluding hydrogens is 401 g/mol. The third-order valence-electron chi connectivity index (χ3n) is 5.49. The average molecular weight is 426 g/mol. The number of rotatable bonds is 3. The first-order valence-electron chi connectivity index (χ1n) is 9.72. The van der Waals surface area contributed by atoms with E-state index in [0.717, 1.165) is 19.4 Å². The van der Waals surface area contributed by atoms with Crippen LogP contribution in [0.4, 0.5) is 0 Å². The second-order valence-electron chi connectivity index (χ2n) is 7.25. The molecule has 1 unspecified atom stereocenters. The maximum Gasteiger partial charge on any atom is 0.255 e. The van der Waals surface area contributed by atoms with E-state index in [9.17, 15) is 14.4 Å². The van der Waals surface area contributed by atoms with Crippen LogP contribution < -0.4 is 0 Å². The predicted molar refractivity (Wildman–Crippen MR) is 109 cm³/mol. The molecule has 0 aromatic heterocycles. The summed E-state index contributed by atoms with van der Waals surface area (Å²) < 4.78 is 0. The summed E-state index contributed by atoms with van der Waals surface area (Å²) in [5.41, 5.74) is 0.384. The number of piperazine rings is 1. The Morgan fingerprint density at radius 3 is 2.36 bits per heavy atom. The number of benzene rings is 1. The van der Waals surface area contributed by atoms with E-state index in [2.05, 4.69) is 0 Å². The van der Waals surface area contributed by atoms with Crippen LogP contribution in [0.15, 0.2) is 18.2 Å². The molecule has 0 radical (unpaired) electrons. The lowest BCUT2D eigenvalue weighted by molar-refractivity contribution is -0.141. The van der Waals surface area contributed by atoms with E-state index in [1.54, 1.807) is 28.0 Å². The quantitative estimate of drug-likeness (QED) is 0.747. The molecule has 8 heteroatoms. The van der Waals surface area contributed by atoms with Gasteiger partial charge in [-0.25, -0.2) is 0 Å². The fourth-order valence-corrected chi connectivity index (χ4v) is 4.24. The SMILES string of the molecule is CCC(=O)N1CCCC(C(=O)N2CCN(C(=O)c3cccc(Cl)c3Cl)CC2)C1. The lowest BCUT2D eigenvalue weighted by Crippen LogP contribution is -2.54. The highest BCUT2D eigenvalue weighted by atomic mass is 35.5. The van der Waals surface area contributed by atoms with Crippen molar-refractivity contribution in [2.45, 2.75) is 26.2 Å². The number of carbonyl (C=O) groups is 3. The molecule has 6 nitrogen and oxygen atoms in total. The highest BCUT2D eigenvalue weighted by molar-refractivity contribution is 6.43. The summed E-state index contributed by atoms with van der Waals surface area (Å²) in [6.07, 6.45) is 2.13. The summed E-state index contributed by atoms with van der Waals surface area (Å²) in [5.74, 6) is -0.126. The molecule has 3 amide bonds. The van der Waals surface area contributed by atoms with Crippen molar-refractivity contribution in [3.05, 3.63) is 33.8 Å². The van der Waals surface area contributed by atoms with E-state index in [1.807, 2.05) is 11.8 Å². The first-order valence-corrected chi connectivity index (χ1v) is 10.5. The van der Waals surface area contributed by atoms with Gasteiger partial charge in [0.25, 0.3) is 5.91 Å². The van der Waals surface area contributed by atoms with Crippen LogP contribution in [0.25, 0.3) is 0 Å². The molecule has 0 bridgehead atoms. The van der Waals surface area contributed by atoms with Crippen molar-refractivity contribution in [1.29, 1.82) is 0 Å². The van der Waals surface area contributed by atoms with Crippen LogP contribution in [0.3, 0.4) is 0 Å². The number of amides is 3. The maximum atomic E-state index is 12.9. The summed E-state index contributed by atoms with van der Waals surface area (Å²) in [4.78, 5) is 42.9. The first kappa shape index (κ1) is 20.9. The molecule has 1 aromatic rings. The number of piperidine rings is 1. The molecular formula is C20H25Cl2N3O3. The predicted octanol–water partition coefficient (Wildman–Crippen LogP) is 2.93. The van der Waals surface area contributed by atoms with Crippen molar-refractivity contribution in [1.82, 2.24) is 14.7 Å². The van der Waals surface area contributed by atoms with E-state index >= 15 is 0 Å². The van der Waals surface area contributed by atoms with E-state index < -0.39 is 0 Å². The number of likely N-dealkylation sites (tertiary alicyclic amines) is 1. The Bertz CT molecular complexity index is 763. The monoisotopic (exact) mass is 425 g/mol. The minimum absolute atomic E-state index is 0.0847. The fourth-order valence-electron chi connectivity index (χ4n) is 3.86. The van der Waals surface area contributed by atoms with E-state index in [1.165, 1.54) is 0 Å².